The Bertz CT molecular complexity index is 765. The summed E-state index contributed by atoms with van der Waals surface area (Å²) in [5.41, 5.74) is 1.37. The third kappa shape index (κ3) is 2.52. The van der Waals surface area contributed by atoms with Gasteiger partial charge >= 0.3 is 0 Å². The zero-order valence-electron chi connectivity index (χ0n) is 12.7. The molecule has 0 radical (unpaired) electrons. The summed E-state index contributed by atoms with van der Waals surface area (Å²) < 4.78 is 27.1. The van der Waals surface area contributed by atoms with E-state index < -0.39 is 10.0 Å². The molecule has 9 nitrogen and oxygen atoms in total. The molecule has 2 aromatic heterocycles. The van der Waals surface area contributed by atoms with Gasteiger partial charge in [0.25, 0.3) is 0 Å². The first kappa shape index (κ1) is 15.1. The topological polar surface area (TPSA) is 97.1 Å². The fourth-order valence-electron chi connectivity index (χ4n) is 2.59. The Balaban J connectivity index is 1.84. The molecule has 22 heavy (non-hydrogen) atoms. The van der Waals surface area contributed by atoms with E-state index in [4.69, 9.17) is 0 Å². The summed E-state index contributed by atoms with van der Waals surface area (Å²) in [6, 6.07) is 0. The summed E-state index contributed by atoms with van der Waals surface area (Å²) in [5, 5.41) is 8.23. The normalized spacial score (nSPS) is 17.3. The van der Waals surface area contributed by atoms with Crippen molar-refractivity contribution in [2.45, 2.75) is 20.4 Å². The summed E-state index contributed by atoms with van der Waals surface area (Å²) in [6.07, 6.45) is 1.50. The van der Waals surface area contributed by atoms with Crippen LogP contribution in [0.4, 0.5) is 5.82 Å². The number of nitrogens with zero attached hydrogens (tertiary/aromatic N) is 7. The third-order valence-corrected chi connectivity index (χ3v) is 5.76. The first-order chi connectivity index (χ1) is 10.6. The van der Waals surface area contributed by atoms with E-state index in [0.29, 0.717) is 43.9 Å². The number of aryl methyl sites for hydroxylation is 1. The van der Waals surface area contributed by atoms with E-state index in [1.807, 2.05) is 11.8 Å². The SMILES string of the molecule is CCn1nnc2c(N3CCN(S(=O)(=O)CC)CC3)ncnc21. The average Bonchev–Trinajstić information content (AvgIpc) is 2.98. The molecule has 3 rings (SSSR count). The van der Waals surface area contributed by atoms with E-state index >= 15 is 0 Å². The predicted molar refractivity (Wildman–Crippen MR) is 82.0 cm³/mol. The molecule has 0 aromatic carbocycles. The highest BCUT2D eigenvalue weighted by Gasteiger charge is 2.27. The molecule has 1 saturated heterocycles. The standard InChI is InChI=1S/C12H19N7O2S/c1-3-19-12-10(15-16-19)11(13-9-14-12)17-5-7-18(8-6-17)22(20,21)4-2/h9H,3-8H2,1-2H3. The number of hydrogen-bond donors (Lipinski definition) is 0. The van der Waals surface area contributed by atoms with Gasteiger partial charge in [0.05, 0.1) is 5.75 Å². The minimum absolute atomic E-state index is 0.135. The van der Waals surface area contributed by atoms with E-state index in [9.17, 15) is 8.42 Å². The molecule has 1 fully saturated rings. The molecule has 0 N–H and O–H groups in total. The van der Waals surface area contributed by atoms with E-state index in [-0.39, 0.29) is 5.75 Å². The maximum absolute atomic E-state index is 11.9. The lowest BCUT2D eigenvalue weighted by atomic mass is 10.3. The maximum Gasteiger partial charge on any atom is 0.213 e. The van der Waals surface area contributed by atoms with E-state index in [1.165, 1.54) is 10.6 Å². The second-order valence-electron chi connectivity index (χ2n) is 5.06. The van der Waals surface area contributed by atoms with Crippen LogP contribution in [-0.2, 0) is 16.6 Å². The zero-order chi connectivity index (χ0) is 15.7. The number of aromatic nitrogens is 5. The molecule has 0 bridgehead atoms. The number of hydrogen-bond acceptors (Lipinski definition) is 7. The fraction of sp³-hybridized carbons (Fsp3) is 0.667. The van der Waals surface area contributed by atoms with Crippen LogP contribution in [0.3, 0.4) is 0 Å². The third-order valence-electron chi connectivity index (χ3n) is 3.88. The highest BCUT2D eigenvalue weighted by Crippen LogP contribution is 2.22. The molecular formula is C12H19N7O2S. The molecular weight excluding hydrogens is 306 g/mol. The van der Waals surface area contributed by atoms with E-state index in [1.54, 1.807) is 11.6 Å². The van der Waals surface area contributed by atoms with Crippen LogP contribution in [0.2, 0.25) is 0 Å². The van der Waals surface area contributed by atoms with Crippen molar-refractivity contribution >= 4 is 27.0 Å². The smallest absolute Gasteiger partial charge is 0.213 e. The van der Waals surface area contributed by atoms with Crippen molar-refractivity contribution < 1.29 is 8.42 Å². The van der Waals surface area contributed by atoms with Crippen LogP contribution in [0.1, 0.15) is 13.8 Å². The van der Waals surface area contributed by atoms with Gasteiger partial charge in [-0.1, -0.05) is 5.21 Å². The zero-order valence-corrected chi connectivity index (χ0v) is 13.5. The monoisotopic (exact) mass is 325 g/mol. The lowest BCUT2D eigenvalue weighted by Gasteiger charge is -2.34. The highest BCUT2D eigenvalue weighted by molar-refractivity contribution is 7.89. The van der Waals surface area contributed by atoms with Gasteiger partial charge in [0, 0.05) is 32.7 Å². The summed E-state index contributed by atoms with van der Waals surface area (Å²) in [7, 11) is -3.13. The Morgan fingerprint density at radius 1 is 1.14 bits per heavy atom. The van der Waals surface area contributed by atoms with Crippen molar-refractivity contribution in [3.8, 4) is 0 Å². The van der Waals surface area contributed by atoms with Crippen molar-refractivity contribution in [3.63, 3.8) is 0 Å². The fourth-order valence-corrected chi connectivity index (χ4v) is 3.67. The maximum atomic E-state index is 11.9. The Kier molecular flexibility index (Phi) is 3.96. The molecule has 0 spiro atoms. The molecule has 0 saturated carbocycles. The Morgan fingerprint density at radius 3 is 2.50 bits per heavy atom. The largest absolute Gasteiger partial charge is 0.352 e. The van der Waals surface area contributed by atoms with Gasteiger partial charge in [0.15, 0.2) is 17.0 Å². The Labute approximate surface area is 129 Å². The van der Waals surface area contributed by atoms with Crippen LogP contribution in [0.5, 0.6) is 0 Å². The molecule has 0 atom stereocenters. The van der Waals surface area contributed by atoms with Crippen LogP contribution < -0.4 is 4.90 Å². The lowest BCUT2D eigenvalue weighted by Crippen LogP contribution is -2.49. The molecule has 0 unspecified atom stereocenters. The molecule has 0 aliphatic carbocycles. The lowest BCUT2D eigenvalue weighted by molar-refractivity contribution is 0.385. The van der Waals surface area contributed by atoms with E-state index in [2.05, 4.69) is 20.3 Å². The molecule has 1 aliphatic rings. The van der Waals surface area contributed by atoms with Crippen LogP contribution in [0.25, 0.3) is 11.2 Å². The second-order valence-corrected chi connectivity index (χ2v) is 7.32. The van der Waals surface area contributed by atoms with Crippen LogP contribution in [0, 0.1) is 0 Å². The predicted octanol–water partition coefficient (Wildman–Crippen LogP) is -0.287. The second kappa shape index (κ2) is 5.76. The van der Waals surface area contributed by atoms with Crippen LogP contribution in [-0.4, -0.2) is 69.6 Å². The number of piperazine rings is 1. The van der Waals surface area contributed by atoms with Crippen LogP contribution in [0.15, 0.2) is 6.33 Å². The molecule has 3 heterocycles. The number of fused-ring (bicyclic) bond motifs is 1. The van der Waals surface area contributed by atoms with Gasteiger partial charge in [0.2, 0.25) is 10.0 Å². The van der Waals surface area contributed by atoms with Gasteiger partial charge in [-0.3, -0.25) is 0 Å². The van der Waals surface area contributed by atoms with Gasteiger partial charge in [-0.2, -0.15) is 4.31 Å². The summed E-state index contributed by atoms with van der Waals surface area (Å²) in [4.78, 5) is 10.6. The summed E-state index contributed by atoms with van der Waals surface area (Å²) in [5.74, 6) is 0.855. The molecule has 10 heteroatoms. The first-order valence-electron chi connectivity index (χ1n) is 7.33. The van der Waals surface area contributed by atoms with Gasteiger partial charge in [0.1, 0.15) is 6.33 Å². The van der Waals surface area contributed by atoms with Crippen molar-refractivity contribution in [2.75, 3.05) is 36.8 Å². The molecule has 120 valence electrons. The average molecular weight is 325 g/mol. The van der Waals surface area contributed by atoms with E-state index in [0.717, 1.165) is 5.82 Å². The molecule has 0 amide bonds. The van der Waals surface area contributed by atoms with Crippen molar-refractivity contribution in [2.24, 2.45) is 0 Å². The first-order valence-corrected chi connectivity index (χ1v) is 8.94. The van der Waals surface area contributed by atoms with Gasteiger partial charge in [-0.05, 0) is 13.8 Å². The minimum atomic E-state index is -3.13. The number of anilines is 1. The van der Waals surface area contributed by atoms with Crippen molar-refractivity contribution in [1.29, 1.82) is 0 Å². The van der Waals surface area contributed by atoms with Gasteiger partial charge < -0.3 is 4.90 Å². The van der Waals surface area contributed by atoms with Crippen LogP contribution >= 0.6 is 0 Å². The highest BCUT2D eigenvalue weighted by atomic mass is 32.2. The summed E-state index contributed by atoms with van der Waals surface area (Å²) in [6.45, 7) is 6.43. The quantitative estimate of drug-likeness (QED) is 0.762. The van der Waals surface area contributed by atoms with Crippen molar-refractivity contribution in [1.82, 2.24) is 29.3 Å². The molecule has 1 aliphatic heterocycles. The molecule has 2 aromatic rings. The minimum Gasteiger partial charge on any atom is -0.352 e. The number of sulfonamides is 1. The van der Waals surface area contributed by atoms with Gasteiger partial charge in [-0.15, -0.1) is 5.10 Å². The Morgan fingerprint density at radius 2 is 1.86 bits per heavy atom. The summed E-state index contributed by atoms with van der Waals surface area (Å²) >= 11 is 0. The Hall–Kier alpha value is -1.81. The van der Waals surface area contributed by atoms with Crippen molar-refractivity contribution in [3.05, 3.63) is 6.33 Å². The van der Waals surface area contributed by atoms with Gasteiger partial charge in [-0.25, -0.2) is 23.1 Å². The number of rotatable bonds is 4.